The van der Waals surface area contributed by atoms with Crippen molar-refractivity contribution in [2.45, 2.75) is 20.3 Å². The molecule has 0 fully saturated rings. The van der Waals surface area contributed by atoms with Crippen LogP contribution in [-0.4, -0.2) is 13.1 Å². The number of rotatable bonds is 2. The number of aryl methyl sites for hydroxylation is 2. The summed E-state index contributed by atoms with van der Waals surface area (Å²) in [6.45, 7) is 3.90. The number of methoxy groups -OCH3 is 1. The van der Waals surface area contributed by atoms with Crippen molar-refractivity contribution in [3.63, 3.8) is 0 Å². The molecule has 0 unspecified atom stereocenters. The third kappa shape index (κ3) is 2.48. The van der Waals surface area contributed by atoms with Crippen molar-refractivity contribution in [3.05, 3.63) is 33.8 Å². The Morgan fingerprint density at radius 3 is 2.57 bits per heavy atom. The van der Waals surface area contributed by atoms with Gasteiger partial charge in [-0.3, -0.25) is 4.79 Å². The zero-order valence-corrected chi connectivity index (χ0v) is 9.31. The first-order valence-electron chi connectivity index (χ1n) is 4.37. The van der Waals surface area contributed by atoms with Crippen LogP contribution in [0.3, 0.4) is 0 Å². The van der Waals surface area contributed by atoms with Crippen LogP contribution in [-0.2, 0) is 16.0 Å². The summed E-state index contributed by atoms with van der Waals surface area (Å²) in [6.07, 6.45) is 0.280. The van der Waals surface area contributed by atoms with Crippen molar-refractivity contribution in [1.82, 2.24) is 0 Å². The van der Waals surface area contributed by atoms with Gasteiger partial charge in [-0.1, -0.05) is 17.7 Å². The molecule has 0 amide bonds. The Bertz CT molecular complexity index is 359. The topological polar surface area (TPSA) is 26.3 Å². The maximum absolute atomic E-state index is 11.1. The molecule has 0 atom stereocenters. The van der Waals surface area contributed by atoms with E-state index in [-0.39, 0.29) is 12.4 Å². The van der Waals surface area contributed by atoms with Gasteiger partial charge in [-0.05, 0) is 36.6 Å². The number of ether oxygens (including phenoxy) is 1. The molecule has 0 aromatic heterocycles. The summed E-state index contributed by atoms with van der Waals surface area (Å²) in [5, 5.41) is 0.689. The Labute approximate surface area is 88.8 Å². The molecular weight excluding hydrogens is 200 g/mol. The van der Waals surface area contributed by atoms with E-state index in [9.17, 15) is 4.79 Å². The van der Waals surface area contributed by atoms with Crippen LogP contribution in [0.1, 0.15) is 16.7 Å². The van der Waals surface area contributed by atoms with Gasteiger partial charge in [0.15, 0.2) is 0 Å². The van der Waals surface area contributed by atoms with Gasteiger partial charge in [0.1, 0.15) is 0 Å². The van der Waals surface area contributed by atoms with Gasteiger partial charge in [-0.2, -0.15) is 0 Å². The molecule has 1 rings (SSSR count). The maximum Gasteiger partial charge on any atom is 0.309 e. The minimum Gasteiger partial charge on any atom is -0.469 e. The van der Waals surface area contributed by atoms with Crippen LogP contribution in [0, 0.1) is 13.8 Å². The highest BCUT2D eigenvalue weighted by Gasteiger charge is 2.07. The van der Waals surface area contributed by atoms with Crippen LogP contribution in [0.25, 0.3) is 0 Å². The van der Waals surface area contributed by atoms with Gasteiger partial charge >= 0.3 is 5.97 Å². The number of carbonyl (C=O) groups is 1. The normalized spacial score (nSPS) is 10.0. The van der Waals surface area contributed by atoms with E-state index in [4.69, 9.17) is 11.6 Å². The number of hydrogen-bond donors (Lipinski definition) is 0. The van der Waals surface area contributed by atoms with Gasteiger partial charge in [0.2, 0.25) is 0 Å². The van der Waals surface area contributed by atoms with E-state index < -0.39 is 0 Å². The molecular formula is C11H13ClO2. The summed E-state index contributed by atoms with van der Waals surface area (Å²) in [7, 11) is 1.38. The molecule has 0 N–H and O–H groups in total. The molecule has 0 aliphatic carbocycles. The number of carbonyl (C=O) groups excluding carboxylic acids is 1. The third-order valence-corrected chi connectivity index (χ3v) is 2.59. The Kier molecular flexibility index (Phi) is 3.53. The van der Waals surface area contributed by atoms with Crippen molar-refractivity contribution in [3.8, 4) is 0 Å². The number of halogens is 1. The molecule has 0 aliphatic rings. The monoisotopic (exact) mass is 212 g/mol. The lowest BCUT2D eigenvalue weighted by molar-refractivity contribution is -0.139. The lowest BCUT2D eigenvalue weighted by Gasteiger charge is -2.07. The molecule has 0 saturated heterocycles. The van der Waals surface area contributed by atoms with E-state index in [0.717, 1.165) is 16.7 Å². The van der Waals surface area contributed by atoms with E-state index in [0.29, 0.717) is 5.02 Å². The Morgan fingerprint density at radius 2 is 2.00 bits per heavy atom. The number of benzene rings is 1. The highest BCUT2D eigenvalue weighted by atomic mass is 35.5. The Morgan fingerprint density at radius 1 is 1.36 bits per heavy atom. The van der Waals surface area contributed by atoms with Gasteiger partial charge in [0.05, 0.1) is 13.5 Å². The van der Waals surface area contributed by atoms with Gasteiger partial charge in [-0.25, -0.2) is 0 Å². The van der Waals surface area contributed by atoms with Crippen molar-refractivity contribution in [2.75, 3.05) is 7.11 Å². The third-order valence-electron chi connectivity index (χ3n) is 2.18. The van der Waals surface area contributed by atoms with E-state index in [1.165, 1.54) is 7.11 Å². The average Bonchev–Trinajstić information content (AvgIpc) is 2.14. The van der Waals surface area contributed by atoms with Gasteiger partial charge in [0, 0.05) is 5.02 Å². The van der Waals surface area contributed by atoms with Crippen molar-refractivity contribution < 1.29 is 9.53 Å². The Balaban J connectivity index is 2.98. The summed E-state index contributed by atoms with van der Waals surface area (Å²) >= 11 is 5.96. The largest absolute Gasteiger partial charge is 0.469 e. The molecule has 2 nitrogen and oxygen atoms in total. The van der Waals surface area contributed by atoms with E-state index in [1.807, 2.05) is 26.0 Å². The molecule has 1 aromatic rings. The van der Waals surface area contributed by atoms with Crippen LogP contribution in [0.4, 0.5) is 0 Å². The van der Waals surface area contributed by atoms with Crippen molar-refractivity contribution >= 4 is 17.6 Å². The molecule has 0 bridgehead atoms. The molecule has 0 spiro atoms. The van der Waals surface area contributed by atoms with Gasteiger partial charge < -0.3 is 4.74 Å². The molecule has 3 heteroatoms. The van der Waals surface area contributed by atoms with Crippen LogP contribution < -0.4 is 0 Å². The smallest absolute Gasteiger partial charge is 0.309 e. The number of esters is 1. The van der Waals surface area contributed by atoms with E-state index in [2.05, 4.69) is 4.74 Å². The zero-order chi connectivity index (χ0) is 10.7. The fourth-order valence-electron chi connectivity index (χ4n) is 1.29. The first-order valence-corrected chi connectivity index (χ1v) is 4.75. The van der Waals surface area contributed by atoms with Crippen molar-refractivity contribution in [1.29, 1.82) is 0 Å². The van der Waals surface area contributed by atoms with Crippen molar-refractivity contribution in [2.24, 2.45) is 0 Å². The van der Waals surface area contributed by atoms with Gasteiger partial charge in [0.25, 0.3) is 0 Å². The standard InChI is InChI=1S/C11H13ClO2/c1-7-4-8(2)10(12)5-9(7)6-11(13)14-3/h4-5H,6H2,1-3H3. The fourth-order valence-corrected chi connectivity index (χ4v) is 1.47. The average molecular weight is 213 g/mol. The predicted molar refractivity (Wildman–Crippen MR) is 56.6 cm³/mol. The van der Waals surface area contributed by atoms with Gasteiger partial charge in [-0.15, -0.1) is 0 Å². The lowest BCUT2D eigenvalue weighted by Crippen LogP contribution is -2.06. The number of hydrogen-bond acceptors (Lipinski definition) is 2. The van der Waals surface area contributed by atoms with E-state index in [1.54, 1.807) is 0 Å². The summed E-state index contributed by atoms with van der Waals surface area (Å²) in [5.74, 6) is -0.243. The highest BCUT2D eigenvalue weighted by molar-refractivity contribution is 6.31. The summed E-state index contributed by atoms with van der Waals surface area (Å²) in [6, 6.07) is 3.80. The molecule has 0 saturated carbocycles. The predicted octanol–water partition coefficient (Wildman–Crippen LogP) is 2.67. The minimum absolute atomic E-state index is 0.243. The van der Waals surface area contributed by atoms with Crippen LogP contribution in [0.2, 0.25) is 5.02 Å². The maximum atomic E-state index is 11.1. The summed E-state index contributed by atoms with van der Waals surface area (Å²) < 4.78 is 4.60. The minimum atomic E-state index is -0.243. The molecule has 14 heavy (non-hydrogen) atoms. The quantitative estimate of drug-likeness (QED) is 0.705. The first kappa shape index (κ1) is 11.1. The molecule has 0 heterocycles. The van der Waals surface area contributed by atoms with Crippen LogP contribution >= 0.6 is 11.6 Å². The van der Waals surface area contributed by atoms with E-state index >= 15 is 0 Å². The molecule has 0 aliphatic heterocycles. The Hall–Kier alpha value is -1.02. The van der Waals surface area contributed by atoms with Crippen LogP contribution in [0.5, 0.6) is 0 Å². The molecule has 0 radical (unpaired) electrons. The zero-order valence-electron chi connectivity index (χ0n) is 8.56. The van der Waals surface area contributed by atoms with Crippen LogP contribution in [0.15, 0.2) is 12.1 Å². The summed E-state index contributed by atoms with van der Waals surface area (Å²) in [5.41, 5.74) is 3.02. The molecule has 76 valence electrons. The fraction of sp³-hybridized carbons (Fsp3) is 0.364. The first-order chi connectivity index (χ1) is 6.54. The molecule has 1 aromatic carbocycles. The highest BCUT2D eigenvalue weighted by Crippen LogP contribution is 2.20. The lowest BCUT2D eigenvalue weighted by atomic mass is 10.0. The summed E-state index contributed by atoms with van der Waals surface area (Å²) in [4.78, 5) is 11.1. The second-order valence-electron chi connectivity index (χ2n) is 3.28. The second kappa shape index (κ2) is 4.47. The second-order valence-corrected chi connectivity index (χ2v) is 3.69. The SMILES string of the molecule is COC(=O)Cc1cc(Cl)c(C)cc1C.